The lowest BCUT2D eigenvalue weighted by atomic mass is 10.0. The SMILES string of the molecule is N#CC1CC(=O)N(C2C3C4CCC(C4)C32)C1. The molecule has 1 aliphatic heterocycles. The van der Waals surface area contributed by atoms with Crippen LogP contribution in [-0.4, -0.2) is 23.4 Å². The largest absolute Gasteiger partial charge is 0.338 e. The fraction of sp³-hybridized carbons (Fsp3) is 0.846. The molecule has 4 rings (SSSR count). The number of likely N-dealkylation sites (tertiary alicyclic amines) is 1. The Labute approximate surface area is 95.4 Å². The van der Waals surface area contributed by atoms with E-state index in [1.54, 1.807) is 0 Å². The van der Waals surface area contributed by atoms with Crippen molar-refractivity contribution in [3.8, 4) is 6.07 Å². The van der Waals surface area contributed by atoms with E-state index < -0.39 is 0 Å². The van der Waals surface area contributed by atoms with Gasteiger partial charge in [-0.3, -0.25) is 4.79 Å². The van der Waals surface area contributed by atoms with E-state index in [9.17, 15) is 4.79 Å². The number of hydrogen-bond donors (Lipinski definition) is 0. The molecule has 0 aromatic carbocycles. The lowest BCUT2D eigenvalue weighted by Gasteiger charge is -2.20. The maximum Gasteiger partial charge on any atom is 0.224 e. The Morgan fingerprint density at radius 3 is 2.50 bits per heavy atom. The molecule has 0 N–H and O–H groups in total. The van der Waals surface area contributed by atoms with Crippen molar-refractivity contribution < 1.29 is 4.79 Å². The van der Waals surface area contributed by atoms with Gasteiger partial charge in [0.05, 0.1) is 12.0 Å². The monoisotopic (exact) mass is 216 g/mol. The summed E-state index contributed by atoms with van der Waals surface area (Å²) in [5.74, 6) is 3.67. The number of nitriles is 1. The normalized spacial score (nSPS) is 52.9. The molecule has 1 amide bonds. The molecular weight excluding hydrogens is 200 g/mol. The zero-order valence-electron chi connectivity index (χ0n) is 9.30. The molecule has 4 aliphatic rings. The van der Waals surface area contributed by atoms with Crippen LogP contribution in [0, 0.1) is 40.9 Å². The van der Waals surface area contributed by atoms with Gasteiger partial charge in [-0.1, -0.05) is 0 Å². The fourth-order valence-corrected chi connectivity index (χ4v) is 4.80. The summed E-state index contributed by atoms with van der Waals surface area (Å²) in [5.41, 5.74) is 0. The molecule has 5 atom stereocenters. The number of rotatable bonds is 1. The summed E-state index contributed by atoms with van der Waals surface area (Å²) < 4.78 is 0. The molecule has 16 heavy (non-hydrogen) atoms. The van der Waals surface area contributed by atoms with Gasteiger partial charge < -0.3 is 4.90 Å². The maximum absolute atomic E-state index is 11.9. The van der Waals surface area contributed by atoms with Gasteiger partial charge >= 0.3 is 0 Å². The molecule has 3 aliphatic carbocycles. The summed E-state index contributed by atoms with van der Waals surface area (Å²) in [6.45, 7) is 0.715. The summed E-state index contributed by atoms with van der Waals surface area (Å²) in [7, 11) is 0. The van der Waals surface area contributed by atoms with Crippen molar-refractivity contribution in [3.05, 3.63) is 0 Å². The molecule has 1 heterocycles. The molecule has 4 fully saturated rings. The van der Waals surface area contributed by atoms with Crippen LogP contribution in [0.25, 0.3) is 0 Å². The minimum absolute atomic E-state index is 0.0357. The van der Waals surface area contributed by atoms with Gasteiger partial charge in [-0.25, -0.2) is 0 Å². The van der Waals surface area contributed by atoms with E-state index in [4.69, 9.17) is 5.26 Å². The highest BCUT2D eigenvalue weighted by atomic mass is 16.2. The number of carbonyl (C=O) groups excluding carboxylic acids is 1. The number of nitrogens with zero attached hydrogens (tertiary/aromatic N) is 2. The Morgan fingerprint density at radius 2 is 1.94 bits per heavy atom. The summed E-state index contributed by atoms with van der Waals surface area (Å²) in [5, 5.41) is 8.89. The Morgan fingerprint density at radius 1 is 1.25 bits per heavy atom. The first-order valence-corrected chi connectivity index (χ1v) is 6.48. The lowest BCUT2D eigenvalue weighted by molar-refractivity contribution is -0.128. The smallest absolute Gasteiger partial charge is 0.224 e. The molecule has 3 saturated carbocycles. The van der Waals surface area contributed by atoms with Crippen LogP contribution >= 0.6 is 0 Å². The van der Waals surface area contributed by atoms with Crippen molar-refractivity contribution in [3.63, 3.8) is 0 Å². The van der Waals surface area contributed by atoms with Crippen LogP contribution in [0.5, 0.6) is 0 Å². The van der Waals surface area contributed by atoms with Crippen molar-refractivity contribution in [2.75, 3.05) is 6.54 Å². The van der Waals surface area contributed by atoms with E-state index in [-0.39, 0.29) is 11.8 Å². The van der Waals surface area contributed by atoms with Crippen LogP contribution < -0.4 is 0 Å². The first-order chi connectivity index (χ1) is 7.79. The first kappa shape index (κ1) is 9.04. The molecule has 5 unspecified atom stereocenters. The molecule has 1 saturated heterocycles. The molecule has 3 heteroatoms. The third-order valence-corrected chi connectivity index (χ3v) is 5.40. The van der Waals surface area contributed by atoms with Gasteiger partial charge in [-0.15, -0.1) is 0 Å². The Balaban J connectivity index is 1.54. The molecule has 0 spiro atoms. The average molecular weight is 216 g/mol. The summed E-state index contributed by atoms with van der Waals surface area (Å²) >= 11 is 0. The predicted molar refractivity (Wildman–Crippen MR) is 57.0 cm³/mol. The van der Waals surface area contributed by atoms with Gasteiger partial charge in [-0.05, 0) is 42.9 Å². The second-order valence-corrected chi connectivity index (χ2v) is 6.05. The number of amides is 1. The minimum Gasteiger partial charge on any atom is -0.338 e. The van der Waals surface area contributed by atoms with E-state index in [2.05, 4.69) is 6.07 Å². The van der Waals surface area contributed by atoms with Crippen molar-refractivity contribution in [2.24, 2.45) is 29.6 Å². The maximum atomic E-state index is 11.9. The summed E-state index contributed by atoms with van der Waals surface area (Å²) in [4.78, 5) is 13.9. The molecule has 2 bridgehead atoms. The topological polar surface area (TPSA) is 44.1 Å². The molecule has 3 nitrogen and oxygen atoms in total. The molecule has 0 aromatic heterocycles. The average Bonchev–Trinajstić information content (AvgIpc) is 2.68. The van der Waals surface area contributed by atoms with E-state index in [1.807, 2.05) is 4.90 Å². The van der Waals surface area contributed by atoms with E-state index >= 15 is 0 Å². The number of hydrogen-bond acceptors (Lipinski definition) is 2. The zero-order valence-corrected chi connectivity index (χ0v) is 9.30. The predicted octanol–water partition coefficient (Wildman–Crippen LogP) is 1.40. The van der Waals surface area contributed by atoms with E-state index in [0.29, 0.717) is 19.0 Å². The van der Waals surface area contributed by atoms with Gasteiger partial charge in [0.15, 0.2) is 0 Å². The quantitative estimate of drug-likeness (QED) is 0.665. The minimum atomic E-state index is -0.0357. The number of carbonyl (C=O) groups is 1. The van der Waals surface area contributed by atoms with Crippen molar-refractivity contribution in [1.29, 1.82) is 5.26 Å². The van der Waals surface area contributed by atoms with Crippen molar-refractivity contribution >= 4 is 5.91 Å². The Bertz CT molecular complexity index is 383. The highest BCUT2D eigenvalue weighted by molar-refractivity contribution is 5.80. The van der Waals surface area contributed by atoms with Gasteiger partial charge in [-0.2, -0.15) is 5.26 Å². The van der Waals surface area contributed by atoms with Gasteiger partial charge in [0, 0.05) is 19.0 Å². The van der Waals surface area contributed by atoms with E-state index in [0.717, 1.165) is 23.7 Å². The second kappa shape index (κ2) is 2.80. The highest BCUT2D eigenvalue weighted by Gasteiger charge is 2.67. The Kier molecular flexibility index (Phi) is 1.58. The third-order valence-electron chi connectivity index (χ3n) is 5.40. The van der Waals surface area contributed by atoms with Crippen LogP contribution in [0.1, 0.15) is 25.7 Å². The molecule has 0 aromatic rings. The van der Waals surface area contributed by atoms with Gasteiger partial charge in [0.25, 0.3) is 0 Å². The van der Waals surface area contributed by atoms with Crippen molar-refractivity contribution in [2.45, 2.75) is 31.7 Å². The molecule has 0 radical (unpaired) electrons. The third kappa shape index (κ3) is 0.959. The molecule has 84 valence electrons. The van der Waals surface area contributed by atoms with Gasteiger partial charge in [0.1, 0.15) is 0 Å². The van der Waals surface area contributed by atoms with Crippen molar-refractivity contribution in [1.82, 2.24) is 4.90 Å². The standard InChI is InChI=1S/C13H16N2O/c14-5-7-3-10(16)15(6-7)13-11-8-1-2-9(4-8)12(11)13/h7-9,11-13H,1-4,6H2. The van der Waals surface area contributed by atoms with Crippen LogP contribution in [0.15, 0.2) is 0 Å². The molecular formula is C13H16N2O. The first-order valence-electron chi connectivity index (χ1n) is 6.48. The van der Waals surface area contributed by atoms with Crippen LogP contribution in [0.3, 0.4) is 0 Å². The van der Waals surface area contributed by atoms with Gasteiger partial charge in [0.2, 0.25) is 5.91 Å². The Hall–Kier alpha value is -1.04. The summed E-state index contributed by atoms with van der Waals surface area (Å²) in [6.07, 6.45) is 4.69. The second-order valence-electron chi connectivity index (χ2n) is 6.05. The lowest BCUT2D eigenvalue weighted by Crippen LogP contribution is -2.31. The van der Waals surface area contributed by atoms with E-state index in [1.165, 1.54) is 19.3 Å². The van der Waals surface area contributed by atoms with Crippen LogP contribution in [0.4, 0.5) is 0 Å². The van der Waals surface area contributed by atoms with Crippen LogP contribution in [0.2, 0.25) is 0 Å². The zero-order chi connectivity index (χ0) is 10.9. The fourth-order valence-electron chi connectivity index (χ4n) is 4.80. The highest BCUT2D eigenvalue weighted by Crippen LogP contribution is 2.67. The number of fused-ring (bicyclic) bond motifs is 5. The van der Waals surface area contributed by atoms with Crippen LogP contribution in [-0.2, 0) is 4.79 Å². The summed E-state index contributed by atoms with van der Waals surface area (Å²) in [6, 6.07) is 2.79.